The molecule has 2 rings (SSSR count). The van der Waals surface area contributed by atoms with Crippen LogP contribution in [-0.2, 0) is 0 Å². The van der Waals surface area contributed by atoms with Gasteiger partial charge in [-0.3, -0.25) is 4.90 Å². The summed E-state index contributed by atoms with van der Waals surface area (Å²) in [6.07, 6.45) is 0. The van der Waals surface area contributed by atoms with Gasteiger partial charge in [-0.15, -0.1) is 0 Å². The van der Waals surface area contributed by atoms with Crippen LogP contribution < -0.4 is 5.73 Å². The van der Waals surface area contributed by atoms with Crippen LogP contribution in [0.5, 0.6) is 0 Å². The lowest BCUT2D eigenvalue weighted by molar-refractivity contribution is 0.101. The van der Waals surface area contributed by atoms with Gasteiger partial charge in [-0.1, -0.05) is 15.9 Å². The van der Waals surface area contributed by atoms with Crippen molar-refractivity contribution in [1.82, 2.24) is 4.90 Å². The maximum atomic E-state index is 13.6. The largest absolute Gasteiger partial charge is 0.325 e. The molecule has 0 radical (unpaired) electrons. The smallest absolute Gasteiger partial charge is 0.128 e. The number of likely N-dealkylation sites (tertiary alicyclic amines) is 1. The molecule has 1 heterocycles. The van der Waals surface area contributed by atoms with E-state index in [1.807, 2.05) is 13.0 Å². The number of nitrogens with two attached hydrogens (primary N) is 1. The highest BCUT2D eigenvalue weighted by Gasteiger charge is 2.29. The molecule has 1 aliphatic heterocycles. The van der Waals surface area contributed by atoms with Crippen molar-refractivity contribution < 1.29 is 4.39 Å². The van der Waals surface area contributed by atoms with Gasteiger partial charge in [0.25, 0.3) is 0 Å². The van der Waals surface area contributed by atoms with E-state index in [0.29, 0.717) is 0 Å². The van der Waals surface area contributed by atoms with E-state index < -0.39 is 0 Å². The number of benzene rings is 1. The van der Waals surface area contributed by atoms with Gasteiger partial charge in [0.1, 0.15) is 5.82 Å². The lowest BCUT2D eigenvalue weighted by atomic mass is 10.0. The predicted octanol–water partition coefficient (Wildman–Crippen LogP) is 2.29. The maximum Gasteiger partial charge on any atom is 0.128 e. The Morgan fingerprint density at radius 3 is 2.80 bits per heavy atom. The second-order valence-corrected chi connectivity index (χ2v) is 4.97. The van der Waals surface area contributed by atoms with Gasteiger partial charge in [0.05, 0.1) is 0 Å². The van der Waals surface area contributed by atoms with Crippen LogP contribution in [-0.4, -0.2) is 24.0 Å². The molecule has 1 unspecified atom stereocenters. The average Bonchev–Trinajstić information content (AvgIpc) is 2.16. The number of hydrogen-bond acceptors (Lipinski definition) is 2. The van der Waals surface area contributed by atoms with Gasteiger partial charge in [-0.2, -0.15) is 0 Å². The van der Waals surface area contributed by atoms with Crippen molar-refractivity contribution >= 4 is 15.9 Å². The lowest BCUT2D eigenvalue weighted by Gasteiger charge is -2.41. The second-order valence-electron chi connectivity index (χ2n) is 4.06. The van der Waals surface area contributed by atoms with Crippen LogP contribution in [0.3, 0.4) is 0 Å². The topological polar surface area (TPSA) is 29.3 Å². The number of halogens is 2. The Bertz CT molecular complexity index is 364. The predicted molar refractivity (Wildman–Crippen MR) is 62.1 cm³/mol. The Morgan fingerprint density at radius 2 is 2.20 bits per heavy atom. The van der Waals surface area contributed by atoms with Crippen LogP contribution in [0.2, 0.25) is 0 Å². The van der Waals surface area contributed by atoms with E-state index in [4.69, 9.17) is 5.73 Å². The highest BCUT2D eigenvalue weighted by Crippen LogP contribution is 2.28. The SMILES string of the molecule is CC(c1cc(Br)ccc1F)N1CC(N)C1. The van der Waals surface area contributed by atoms with Crippen molar-refractivity contribution in [3.05, 3.63) is 34.1 Å². The molecule has 1 saturated heterocycles. The Hall–Kier alpha value is -0.450. The Labute approximate surface area is 97.4 Å². The summed E-state index contributed by atoms with van der Waals surface area (Å²) in [7, 11) is 0. The van der Waals surface area contributed by atoms with E-state index in [2.05, 4.69) is 20.8 Å². The summed E-state index contributed by atoms with van der Waals surface area (Å²) in [5.74, 6) is -0.147. The number of hydrogen-bond donors (Lipinski definition) is 1. The molecule has 1 atom stereocenters. The third-order valence-electron chi connectivity index (χ3n) is 2.89. The summed E-state index contributed by atoms with van der Waals surface area (Å²) >= 11 is 3.36. The van der Waals surface area contributed by atoms with E-state index in [9.17, 15) is 4.39 Å². The van der Waals surface area contributed by atoms with E-state index >= 15 is 0 Å². The molecule has 4 heteroatoms. The maximum absolute atomic E-state index is 13.6. The molecule has 82 valence electrons. The van der Waals surface area contributed by atoms with E-state index in [1.54, 1.807) is 6.07 Å². The third-order valence-corrected chi connectivity index (χ3v) is 3.39. The van der Waals surface area contributed by atoms with Crippen LogP contribution in [0.1, 0.15) is 18.5 Å². The number of nitrogens with zero attached hydrogens (tertiary/aromatic N) is 1. The fraction of sp³-hybridized carbons (Fsp3) is 0.455. The normalized spacial score (nSPS) is 20.0. The van der Waals surface area contributed by atoms with Gasteiger partial charge >= 0.3 is 0 Å². The fourth-order valence-electron chi connectivity index (χ4n) is 1.90. The quantitative estimate of drug-likeness (QED) is 0.895. The minimum atomic E-state index is -0.147. The van der Waals surface area contributed by atoms with E-state index in [0.717, 1.165) is 23.1 Å². The fourth-order valence-corrected chi connectivity index (χ4v) is 2.28. The highest BCUT2D eigenvalue weighted by atomic mass is 79.9. The molecular formula is C11H14BrFN2. The van der Waals surface area contributed by atoms with Crippen molar-refractivity contribution in [2.45, 2.75) is 19.0 Å². The molecule has 1 aromatic rings. The Kier molecular flexibility index (Phi) is 3.09. The molecule has 1 aromatic carbocycles. The summed E-state index contributed by atoms with van der Waals surface area (Å²) in [4.78, 5) is 2.18. The van der Waals surface area contributed by atoms with Crippen LogP contribution >= 0.6 is 15.9 Å². The first-order valence-corrected chi connectivity index (χ1v) is 5.82. The first-order chi connectivity index (χ1) is 7.08. The molecule has 0 saturated carbocycles. The Balaban J connectivity index is 2.17. The second kappa shape index (κ2) is 4.20. The molecule has 0 bridgehead atoms. The summed E-state index contributed by atoms with van der Waals surface area (Å²) in [6, 6.07) is 5.40. The highest BCUT2D eigenvalue weighted by molar-refractivity contribution is 9.10. The van der Waals surface area contributed by atoms with Crippen LogP contribution in [0.4, 0.5) is 4.39 Å². The van der Waals surface area contributed by atoms with Gasteiger partial charge in [-0.25, -0.2) is 4.39 Å². The van der Waals surface area contributed by atoms with Gasteiger partial charge in [0, 0.05) is 35.2 Å². The molecular weight excluding hydrogens is 259 g/mol. The van der Waals surface area contributed by atoms with Crippen LogP contribution in [0.25, 0.3) is 0 Å². The summed E-state index contributed by atoms with van der Waals surface area (Å²) in [6.45, 7) is 3.72. The standard InChI is InChI=1S/C11H14BrFN2/c1-7(15-5-9(14)6-15)10-4-8(12)2-3-11(10)13/h2-4,7,9H,5-6,14H2,1H3. The van der Waals surface area contributed by atoms with Crippen LogP contribution in [0.15, 0.2) is 22.7 Å². The summed E-state index contributed by atoms with van der Waals surface area (Å²) < 4.78 is 14.5. The molecule has 2 N–H and O–H groups in total. The average molecular weight is 273 g/mol. The molecule has 0 aromatic heterocycles. The number of rotatable bonds is 2. The minimum absolute atomic E-state index is 0.0994. The third kappa shape index (κ3) is 2.22. The monoisotopic (exact) mass is 272 g/mol. The van der Waals surface area contributed by atoms with Crippen molar-refractivity contribution in [3.8, 4) is 0 Å². The van der Waals surface area contributed by atoms with Gasteiger partial charge in [-0.05, 0) is 25.1 Å². The van der Waals surface area contributed by atoms with Gasteiger partial charge in [0.15, 0.2) is 0 Å². The molecule has 2 nitrogen and oxygen atoms in total. The van der Waals surface area contributed by atoms with E-state index in [1.165, 1.54) is 6.07 Å². The first-order valence-electron chi connectivity index (χ1n) is 5.02. The zero-order chi connectivity index (χ0) is 11.0. The summed E-state index contributed by atoms with van der Waals surface area (Å²) in [5, 5.41) is 0. The van der Waals surface area contributed by atoms with Gasteiger partial charge in [0.2, 0.25) is 0 Å². The van der Waals surface area contributed by atoms with Crippen molar-refractivity contribution in [2.24, 2.45) is 5.73 Å². The molecule has 0 amide bonds. The lowest BCUT2D eigenvalue weighted by Crippen LogP contribution is -2.56. The van der Waals surface area contributed by atoms with E-state index in [-0.39, 0.29) is 17.9 Å². The van der Waals surface area contributed by atoms with Gasteiger partial charge < -0.3 is 5.73 Å². The molecule has 15 heavy (non-hydrogen) atoms. The Morgan fingerprint density at radius 1 is 1.53 bits per heavy atom. The van der Waals surface area contributed by atoms with Crippen molar-refractivity contribution in [3.63, 3.8) is 0 Å². The van der Waals surface area contributed by atoms with Crippen molar-refractivity contribution in [1.29, 1.82) is 0 Å². The zero-order valence-corrected chi connectivity index (χ0v) is 10.2. The molecule has 0 spiro atoms. The van der Waals surface area contributed by atoms with Crippen molar-refractivity contribution in [2.75, 3.05) is 13.1 Å². The molecule has 0 aliphatic carbocycles. The minimum Gasteiger partial charge on any atom is -0.325 e. The zero-order valence-electron chi connectivity index (χ0n) is 8.58. The summed E-state index contributed by atoms with van der Waals surface area (Å²) in [5.41, 5.74) is 6.44. The first kappa shape index (κ1) is 11.0. The van der Waals surface area contributed by atoms with Crippen LogP contribution in [0, 0.1) is 5.82 Å². The molecule has 1 fully saturated rings. The molecule has 1 aliphatic rings.